The first-order chi connectivity index (χ1) is 12.0. The van der Waals surface area contributed by atoms with Crippen molar-refractivity contribution in [1.29, 1.82) is 0 Å². The maximum atomic E-state index is 13.8. The molecule has 1 aromatic rings. The molecule has 7 heteroatoms. The van der Waals surface area contributed by atoms with Crippen LogP contribution in [0.25, 0.3) is 0 Å². The first kappa shape index (κ1) is 18.1. The molecule has 2 aliphatic rings. The van der Waals surface area contributed by atoms with Crippen LogP contribution in [0.1, 0.15) is 31.4 Å². The Kier molecular flexibility index (Phi) is 5.86. The van der Waals surface area contributed by atoms with Crippen LogP contribution in [0, 0.1) is 11.6 Å². The van der Waals surface area contributed by atoms with E-state index in [1.165, 1.54) is 12.1 Å². The van der Waals surface area contributed by atoms with E-state index < -0.39 is 17.7 Å². The zero-order chi connectivity index (χ0) is 17.8. The minimum absolute atomic E-state index is 0.198. The number of morpholine rings is 1. The molecule has 3 rings (SSSR count). The summed E-state index contributed by atoms with van der Waals surface area (Å²) < 4.78 is 32.2. The Morgan fingerprint density at radius 3 is 2.52 bits per heavy atom. The molecule has 1 N–H and O–H groups in total. The number of benzene rings is 1. The van der Waals surface area contributed by atoms with Crippen molar-refractivity contribution in [3.05, 3.63) is 35.4 Å². The van der Waals surface area contributed by atoms with Crippen LogP contribution in [0.2, 0.25) is 0 Å². The third kappa shape index (κ3) is 4.46. The minimum atomic E-state index is -0.640. The zero-order valence-electron chi connectivity index (χ0n) is 14.5. The van der Waals surface area contributed by atoms with Gasteiger partial charge in [-0.05, 0) is 25.8 Å². The molecule has 1 atom stereocenters. The summed E-state index contributed by atoms with van der Waals surface area (Å²) in [6, 6.07) is 3.21. The summed E-state index contributed by atoms with van der Waals surface area (Å²) in [5.74, 6) is -1.26. The third-order valence-electron chi connectivity index (χ3n) is 5.08. The molecule has 2 heterocycles. The van der Waals surface area contributed by atoms with Gasteiger partial charge in [-0.25, -0.2) is 13.6 Å². The quantitative estimate of drug-likeness (QED) is 0.908. The lowest BCUT2D eigenvalue weighted by Gasteiger charge is -2.40. The lowest BCUT2D eigenvalue weighted by atomic mass is 10.0. The number of nitrogens with zero attached hydrogens (tertiary/aromatic N) is 2. The van der Waals surface area contributed by atoms with E-state index >= 15 is 0 Å². The van der Waals surface area contributed by atoms with Gasteiger partial charge in [0.2, 0.25) is 0 Å². The highest BCUT2D eigenvalue weighted by Gasteiger charge is 2.28. The van der Waals surface area contributed by atoms with Gasteiger partial charge in [0.1, 0.15) is 11.6 Å². The van der Waals surface area contributed by atoms with Crippen molar-refractivity contribution in [2.45, 2.75) is 31.8 Å². The average Bonchev–Trinajstić information content (AvgIpc) is 2.62. The first-order valence-electron chi connectivity index (χ1n) is 8.87. The van der Waals surface area contributed by atoms with E-state index in [-0.39, 0.29) is 11.6 Å². The van der Waals surface area contributed by atoms with E-state index in [4.69, 9.17) is 4.74 Å². The van der Waals surface area contributed by atoms with Gasteiger partial charge in [0.05, 0.1) is 19.3 Å². The van der Waals surface area contributed by atoms with Crippen molar-refractivity contribution >= 4 is 6.03 Å². The topological polar surface area (TPSA) is 44.8 Å². The monoisotopic (exact) mass is 353 g/mol. The summed E-state index contributed by atoms with van der Waals surface area (Å²) in [4.78, 5) is 16.6. The largest absolute Gasteiger partial charge is 0.379 e. The first-order valence-corrected chi connectivity index (χ1v) is 8.87. The van der Waals surface area contributed by atoms with E-state index in [1.807, 2.05) is 0 Å². The van der Waals surface area contributed by atoms with Gasteiger partial charge >= 0.3 is 6.03 Å². The van der Waals surface area contributed by atoms with Crippen LogP contribution in [0.3, 0.4) is 0 Å². The van der Waals surface area contributed by atoms with Crippen LogP contribution in [0.15, 0.2) is 18.2 Å². The lowest BCUT2D eigenvalue weighted by Crippen LogP contribution is -2.52. The summed E-state index contributed by atoms with van der Waals surface area (Å²) in [6.45, 7) is 6.55. The van der Waals surface area contributed by atoms with Crippen LogP contribution in [0.5, 0.6) is 0 Å². The second-order valence-corrected chi connectivity index (χ2v) is 6.70. The van der Waals surface area contributed by atoms with Crippen molar-refractivity contribution in [1.82, 2.24) is 15.1 Å². The van der Waals surface area contributed by atoms with E-state index in [1.54, 1.807) is 11.8 Å². The molecule has 0 spiro atoms. The van der Waals surface area contributed by atoms with Gasteiger partial charge in [0, 0.05) is 43.9 Å². The fourth-order valence-corrected chi connectivity index (χ4v) is 3.58. The smallest absolute Gasteiger partial charge is 0.317 e. The van der Waals surface area contributed by atoms with Crippen molar-refractivity contribution in [3.63, 3.8) is 0 Å². The summed E-state index contributed by atoms with van der Waals surface area (Å²) in [6.07, 6.45) is 1.87. The fourth-order valence-electron chi connectivity index (χ4n) is 3.58. The van der Waals surface area contributed by atoms with Crippen molar-refractivity contribution in [2.24, 2.45) is 0 Å². The van der Waals surface area contributed by atoms with Gasteiger partial charge in [-0.15, -0.1) is 0 Å². The Bertz CT molecular complexity index is 600. The Morgan fingerprint density at radius 2 is 1.88 bits per heavy atom. The van der Waals surface area contributed by atoms with Gasteiger partial charge in [0.25, 0.3) is 0 Å². The maximum Gasteiger partial charge on any atom is 0.317 e. The van der Waals surface area contributed by atoms with Gasteiger partial charge < -0.3 is 15.0 Å². The molecule has 2 amide bonds. The summed E-state index contributed by atoms with van der Waals surface area (Å²) in [5, 5.41) is 2.81. The Hall–Kier alpha value is -1.73. The number of halogens is 2. The number of carbonyl (C=O) groups is 1. The van der Waals surface area contributed by atoms with Gasteiger partial charge in [-0.2, -0.15) is 0 Å². The van der Waals surface area contributed by atoms with Crippen LogP contribution >= 0.6 is 0 Å². The molecule has 2 fully saturated rings. The molecule has 0 bridgehead atoms. The van der Waals surface area contributed by atoms with E-state index in [2.05, 4.69) is 10.2 Å². The normalized spacial score (nSPS) is 21.2. The Morgan fingerprint density at radius 1 is 1.20 bits per heavy atom. The Labute approximate surface area is 146 Å². The van der Waals surface area contributed by atoms with E-state index in [9.17, 15) is 13.6 Å². The van der Waals surface area contributed by atoms with Gasteiger partial charge in [0.15, 0.2) is 0 Å². The van der Waals surface area contributed by atoms with Crippen molar-refractivity contribution in [3.8, 4) is 0 Å². The molecule has 0 aliphatic carbocycles. The van der Waals surface area contributed by atoms with Crippen LogP contribution < -0.4 is 5.32 Å². The number of ether oxygens (including phenoxy) is 1. The number of carbonyl (C=O) groups excluding carboxylic acids is 1. The standard InChI is InChI=1S/C18H25F2N3O2/c1-13(16-3-2-14(19)12-17(16)20)21-18(24)23-6-4-15(5-7-23)22-8-10-25-11-9-22/h2-3,12-13,15H,4-11H2,1H3,(H,21,24). The molecule has 5 nitrogen and oxygen atoms in total. The minimum Gasteiger partial charge on any atom is -0.379 e. The number of amides is 2. The van der Waals surface area contributed by atoms with Crippen LogP contribution in [-0.2, 0) is 4.74 Å². The molecule has 0 radical (unpaired) electrons. The highest BCUT2D eigenvalue weighted by Crippen LogP contribution is 2.20. The summed E-state index contributed by atoms with van der Waals surface area (Å²) in [5.41, 5.74) is 0.290. The van der Waals surface area contributed by atoms with E-state index in [0.717, 1.165) is 45.2 Å². The number of rotatable bonds is 3. The number of likely N-dealkylation sites (tertiary alicyclic amines) is 1. The zero-order valence-corrected chi connectivity index (χ0v) is 14.5. The van der Waals surface area contributed by atoms with E-state index in [0.29, 0.717) is 19.1 Å². The molecule has 2 saturated heterocycles. The van der Waals surface area contributed by atoms with Gasteiger partial charge in [-0.1, -0.05) is 6.07 Å². The number of hydrogen-bond donors (Lipinski definition) is 1. The predicted octanol–water partition coefficient (Wildman–Crippen LogP) is 2.53. The summed E-state index contributed by atoms with van der Waals surface area (Å²) >= 11 is 0. The fraction of sp³-hybridized carbons (Fsp3) is 0.611. The highest BCUT2D eigenvalue weighted by atomic mass is 19.1. The average molecular weight is 353 g/mol. The molecular weight excluding hydrogens is 328 g/mol. The van der Waals surface area contributed by atoms with Crippen LogP contribution in [-0.4, -0.2) is 61.3 Å². The van der Waals surface area contributed by atoms with Crippen LogP contribution in [0.4, 0.5) is 13.6 Å². The lowest BCUT2D eigenvalue weighted by molar-refractivity contribution is 0.00374. The molecule has 138 valence electrons. The highest BCUT2D eigenvalue weighted by molar-refractivity contribution is 5.74. The predicted molar refractivity (Wildman–Crippen MR) is 90.3 cm³/mol. The molecule has 1 aromatic carbocycles. The second kappa shape index (κ2) is 8.10. The Balaban J connectivity index is 1.50. The maximum absolute atomic E-state index is 13.8. The molecular formula is C18H25F2N3O2. The van der Waals surface area contributed by atoms with Gasteiger partial charge in [-0.3, -0.25) is 4.90 Å². The molecule has 2 aliphatic heterocycles. The summed E-state index contributed by atoms with van der Waals surface area (Å²) in [7, 11) is 0. The number of piperidine rings is 1. The number of urea groups is 1. The second-order valence-electron chi connectivity index (χ2n) is 6.70. The van der Waals surface area contributed by atoms with Crippen molar-refractivity contribution in [2.75, 3.05) is 39.4 Å². The number of nitrogens with one attached hydrogen (secondary N) is 1. The molecule has 1 unspecified atom stereocenters. The third-order valence-corrected chi connectivity index (χ3v) is 5.08. The molecule has 0 aromatic heterocycles. The SMILES string of the molecule is CC(NC(=O)N1CCC(N2CCOCC2)CC1)c1ccc(F)cc1F. The molecule has 0 saturated carbocycles. The molecule has 25 heavy (non-hydrogen) atoms. The number of hydrogen-bond acceptors (Lipinski definition) is 3. The van der Waals surface area contributed by atoms with Crippen molar-refractivity contribution < 1.29 is 18.3 Å².